The number of carbonyl (C=O) groups excluding carboxylic acids is 5. The zero-order chi connectivity index (χ0) is 48.9. The van der Waals surface area contributed by atoms with Crippen molar-refractivity contribution in [2.75, 3.05) is 18.4 Å². The second kappa shape index (κ2) is 20.2. The fourth-order valence-corrected chi connectivity index (χ4v) is 8.60. The van der Waals surface area contributed by atoms with Crippen molar-refractivity contribution < 1.29 is 33.1 Å². The van der Waals surface area contributed by atoms with Crippen LogP contribution in [0, 0.1) is 5.82 Å². The van der Waals surface area contributed by atoms with Gasteiger partial charge in [0.25, 0.3) is 5.91 Å². The molecule has 17 heteroatoms. The molecule has 0 atom stereocenters. The van der Waals surface area contributed by atoms with E-state index in [4.69, 9.17) is 27.1 Å². The molecule has 2 aromatic heterocycles. The molecule has 7 aromatic rings. The molecule has 0 bridgehead atoms. The van der Waals surface area contributed by atoms with E-state index in [0.717, 1.165) is 16.7 Å². The maximum atomic E-state index is 14.8. The van der Waals surface area contributed by atoms with Gasteiger partial charge in [0.1, 0.15) is 30.0 Å². The Labute approximate surface area is 403 Å². The Morgan fingerprint density at radius 3 is 2.03 bits per heavy atom. The topological polar surface area (TPSA) is 187 Å². The third-order valence-corrected chi connectivity index (χ3v) is 12.0. The van der Waals surface area contributed by atoms with Crippen molar-refractivity contribution in [3.8, 4) is 0 Å². The zero-order valence-electron chi connectivity index (χ0n) is 38.3. The summed E-state index contributed by atoms with van der Waals surface area (Å²) in [6, 6.07) is 38.9. The van der Waals surface area contributed by atoms with Gasteiger partial charge in [-0.3, -0.25) is 29.2 Å². The smallest absolute Gasteiger partial charge is 0.412 e. The zero-order valence-corrected chi connectivity index (χ0v) is 39.0. The Morgan fingerprint density at radius 1 is 0.826 bits per heavy atom. The van der Waals surface area contributed by atoms with Crippen molar-refractivity contribution in [3.63, 3.8) is 0 Å². The number of carbonyl (C=O) groups is 5. The van der Waals surface area contributed by atoms with Gasteiger partial charge in [-0.05, 0) is 74.6 Å². The lowest BCUT2D eigenvalue weighted by Crippen LogP contribution is -2.47. The van der Waals surface area contributed by atoms with E-state index in [-0.39, 0.29) is 47.3 Å². The van der Waals surface area contributed by atoms with Crippen LogP contribution >= 0.6 is 11.6 Å². The number of nitrogens with two attached hydrogens (primary N) is 1. The Morgan fingerprint density at radius 2 is 1.45 bits per heavy atom. The molecule has 354 valence electrons. The highest BCUT2D eigenvalue weighted by atomic mass is 35.5. The van der Waals surface area contributed by atoms with Crippen LogP contribution in [0.5, 0.6) is 0 Å². The number of amides is 5. The van der Waals surface area contributed by atoms with Crippen LogP contribution in [0.1, 0.15) is 72.0 Å². The van der Waals surface area contributed by atoms with Crippen LogP contribution in [0.4, 0.5) is 14.9 Å². The Bertz CT molecular complexity index is 2910. The second-order valence-electron chi connectivity index (χ2n) is 17.8. The molecular formula is C52H51ClFN9O6. The van der Waals surface area contributed by atoms with Gasteiger partial charge in [-0.15, -0.1) is 0 Å². The number of ether oxygens (including phenoxy) is 1. The van der Waals surface area contributed by atoms with E-state index in [2.05, 4.69) is 15.7 Å². The lowest BCUT2D eigenvalue weighted by atomic mass is 9.77. The number of nitrogens with zero attached hydrogens (tertiary/aromatic N) is 6. The first-order chi connectivity index (χ1) is 33.1. The number of anilines is 1. The summed E-state index contributed by atoms with van der Waals surface area (Å²) < 4.78 is 23.4. The van der Waals surface area contributed by atoms with Gasteiger partial charge in [-0.25, -0.2) is 14.2 Å². The highest BCUT2D eigenvalue weighted by Gasteiger charge is 2.39. The number of halogens is 2. The molecule has 5 aromatic carbocycles. The van der Waals surface area contributed by atoms with Gasteiger partial charge in [-0.1, -0.05) is 115 Å². The average Bonchev–Trinajstić information content (AvgIpc) is 3.96. The number of imidazole rings is 1. The number of hydrogen-bond acceptors (Lipinski definition) is 8. The fourth-order valence-electron chi connectivity index (χ4n) is 8.40. The number of primary amides is 1. The minimum atomic E-state index is -0.917. The molecule has 0 radical (unpaired) electrons. The maximum absolute atomic E-state index is 14.8. The Kier molecular flexibility index (Phi) is 13.9. The number of fused-ring (bicyclic) bond motifs is 1. The van der Waals surface area contributed by atoms with Crippen molar-refractivity contribution in [2.24, 2.45) is 5.73 Å². The molecule has 69 heavy (non-hydrogen) atoms. The van der Waals surface area contributed by atoms with E-state index in [1.807, 2.05) is 102 Å². The van der Waals surface area contributed by atoms with Crippen molar-refractivity contribution in [3.05, 3.63) is 184 Å². The summed E-state index contributed by atoms with van der Waals surface area (Å²) in [6.45, 7) is 3.67. The van der Waals surface area contributed by atoms with E-state index >= 15 is 0 Å². The molecular weight excluding hydrogens is 901 g/mol. The maximum Gasteiger partial charge on any atom is 0.412 e. The first-order valence-electron chi connectivity index (χ1n) is 22.4. The largest absolute Gasteiger partial charge is 0.444 e. The van der Waals surface area contributed by atoms with Crippen LogP contribution in [0.25, 0.3) is 10.9 Å². The molecule has 0 saturated heterocycles. The summed E-state index contributed by atoms with van der Waals surface area (Å²) in [5.74, 6) is -3.10. The molecule has 0 unspecified atom stereocenters. The van der Waals surface area contributed by atoms with Gasteiger partial charge in [0.05, 0.1) is 35.7 Å². The van der Waals surface area contributed by atoms with E-state index in [1.54, 1.807) is 45.3 Å². The van der Waals surface area contributed by atoms with Crippen molar-refractivity contribution in [1.29, 1.82) is 0 Å². The number of nitrogens with one attached hydrogen (secondary N) is 2. The molecule has 2 heterocycles. The molecule has 1 fully saturated rings. The Hall–Kier alpha value is -7.85. The molecule has 1 aliphatic carbocycles. The summed E-state index contributed by atoms with van der Waals surface area (Å²) in [4.78, 5) is 75.6. The number of hydrogen-bond donors (Lipinski definition) is 3. The monoisotopic (exact) mass is 951 g/mol. The van der Waals surface area contributed by atoms with Gasteiger partial charge in [0.15, 0.2) is 5.69 Å². The number of aromatic nitrogens is 4. The van der Waals surface area contributed by atoms with Gasteiger partial charge >= 0.3 is 6.09 Å². The Balaban J connectivity index is 1.13. The molecule has 1 aliphatic rings. The SMILES string of the molecule is CC(C)(C)OC(=O)Nc1ccc2c(c1)c(C(N)=O)nn2CC(=O)N(CC(=O)N(CC(=O)NCc1cccc(Cl)c1F)C1CC1)Cc1cn(C(c2ccccc2)(c2ccccc2)c2ccccc2)cn1. The van der Waals surface area contributed by atoms with Crippen LogP contribution < -0.4 is 16.4 Å². The number of rotatable bonds is 17. The first kappa shape index (κ1) is 47.6. The minimum absolute atomic E-state index is 0.0778. The van der Waals surface area contributed by atoms with Crippen LogP contribution in [0.2, 0.25) is 5.02 Å². The van der Waals surface area contributed by atoms with Crippen molar-refractivity contribution >= 4 is 57.9 Å². The predicted octanol–water partition coefficient (Wildman–Crippen LogP) is 7.65. The van der Waals surface area contributed by atoms with Gasteiger partial charge < -0.3 is 30.2 Å². The summed E-state index contributed by atoms with van der Waals surface area (Å²) in [7, 11) is 0. The minimum Gasteiger partial charge on any atom is -0.444 e. The molecule has 4 N–H and O–H groups in total. The molecule has 15 nitrogen and oxygen atoms in total. The van der Waals surface area contributed by atoms with E-state index < -0.39 is 59.8 Å². The molecule has 8 rings (SSSR count). The molecule has 5 amide bonds. The van der Waals surface area contributed by atoms with E-state index in [1.165, 1.54) is 32.7 Å². The summed E-state index contributed by atoms with van der Waals surface area (Å²) in [5, 5.41) is 9.96. The molecule has 0 spiro atoms. The van der Waals surface area contributed by atoms with E-state index in [0.29, 0.717) is 29.7 Å². The predicted molar refractivity (Wildman–Crippen MR) is 258 cm³/mol. The first-order valence-corrected chi connectivity index (χ1v) is 22.8. The average molecular weight is 952 g/mol. The summed E-state index contributed by atoms with van der Waals surface area (Å²) >= 11 is 5.96. The normalized spacial score (nSPS) is 12.6. The fraction of sp³-hybridized carbons (Fsp3) is 0.250. The summed E-state index contributed by atoms with van der Waals surface area (Å²) in [6.07, 6.45) is 4.15. The number of benzene rings is 5. The van der Waals surface area contributed by atoms with Crippen LogP contribution in [0.15, 0.2) is 140 Å². The standard InChI is InChI=1S/C52H51ClFN9O6/c1-51(2,3)69-50(68)58-38-22-25-43-41(26-38)48(49(55)67)59-63(43)32-45(65)60(31-46(66)62(40-23-24-40)30-44(64)56-27-34-14-13-21-42(53)47(34)54)28-39-29-61(33-57-39)52(35-15-7-4-8-16-35,36-17-9-5-10-18-36)37-19-11-6-12-20-37/h4-22,25-26,29,33,40H,23-24,27-28,30-32H2,1-3H3,(H2,55,67)(H,56,64)(H,58,68). The van der Waals surface area contributed by atoms with Crippen LogP contribution in [0.3, 0.4) is 0 Å². The summed E-state index contributed by atoms with van der Waals surface area (Å²) in [5.41, 5.74) is 8.10. The molecule has 0 aliphatic heterocycles. The van der Waals surface area contributed by atoms with Gasteiger partial charge in [0.2, 0.25) is 17.7 Å². The molecule has 1 saturated carbocycles. The highest BCUT2D eigenvalue weighted by Crippen LogP contribution is 2.41. The lowest BCUT2D eigenvalue weighted by molar-refractivity contribution is -0.143. The van der Waals surface area contributed by atoms with Gasteiger partial charge in [-0.2, -0.15) is 5.10 Å². The van der Waals surface area contributed by atoms with Crippen LogP contribution in [-0.4, -0.2) is 83.6 Å². The quantitative estimate of drug-likeness (QED) is 0.0777. The van der Waals surface area contributed by atoms with Crippen molar-refractivity contribution in [2.45, 2.75) is 70.4 Å². The van der Waals surface area contributed by atoms with E-state index in [9.17, 15) is 28.4 Å². The third kappa shape index (κ3) is 10.8. The lowest BCUT2D eigenvalue weighted by Gasteiger charge is -2.37. The second-order valence-corrected chi connectivity index (χ2v) is 18.2. The highest BCUT2D eigenvalue weighted by molar-refractivity contribution is 6.30. The van der Waals surface area contributed by atoms with Gasteiger partial charge in [0, 0.05) is 35.4 Å². The van der Waals surface area contributed by atoms with Crippen LogP contribution in [-0.2, 0) is 44.3 Å². The van der Waals surface area contributed by atoms with Crippen molar-refractivity contribution in [1.82, 2.24) is 34.4 Å². The third-order valence-electron chi connectivity index (χ3n) is 11.7.